The third-order valence-electron chi connectivity index (χ3n) is 4.04. The van der Waals surface area contributed by atoms with Crippen molar-refractivity contribution in [3.63, 3.8) is 0 Å². The second-order valence-electron chi connectivity index (χ2n) is 5.84. The topological polar surface area (TPSA) is 81.6 Å². The van der Waals surface area contributed by atoms with E-state index < -0.39 is 5.91 Å². The van der Waals surface area contributed by atoms with Crippen LogP contribution in [0.25, 0.3) is 17.3 Å². The molecular formula is C21H18N4O. The van der Waals surface area contributed by atoms with E-state index in [0.29, 0.717) is 5.56 Å². The zero-order chi connectivity index (χ0) is 18.4. The van der Waals surface area contributed by atoms with Gasteiger partial charge in [-0.2, -0.15) is 10.4 Å². The standard InChI is InChI=1S/C21H18N4O/c1-15(16-8-4-2-5-9-16)24-21(26)18(13-22)12-19-14-23-25-20(19)17-10-6-3-7-11-17/h2-12,14-15H,1H3,(H,23,25)(H,24,26)/b18-12+. The minimum absolute atomic E-state index is 0.0337. The summed E-state index contributed by atoms with van der Waals surface area (Å²) in [7, 11) is 0. The molecule has 3 rings (SSSR count). The van der Waals surface area contributed by atoms with Crippen LogP contribution in [0.5, 0.6) is 0 Å². The lowest BCUT2D eigenvalue weighted by molar-refractivity contribution is -0.117. The maximum atomic E-state index is 12.5. The van der Waals surface area contributed by atoms with Crippen LogP contribution in [-0.2, 0) is 4.79 Å². The number of H-pyrrole nitrogens is 1. The van der Waals surface area contributed by atoms with Crippen LogP contribution in [0, 0.1) is 11.3 Å². The van der Waals surface area contributed by atoms with Gasteiger partial charge in [-0.05, 0) is 18.6 Å². The Hall–Kier alpha value is -3.65. The molecule has 5 nitrogen and oxygen atoms in total. The van der Waals surface area contributed by atoms with Gasteiger partial charge in [-0.25, -0.2) is 0 Å². The second kappa shape index (κ2) is 7.95. The van der Waals surface area contributed by atoms with Gasteiger partial charge in [0.2, 0.25) is 0 Å². The number of carbonyl (C=O) groups is 1. The van der Waals surface area contributed by atoms with E-state index in [0.717, 1.165) is 16.8 Å². The molecule has 2 aromatic carbocycles. The molecule has 2 N–H and O–H groups in total. The van der Waals surface area contributed by atoms with Gasteiger partial charge in [-0.15, -0.1) is 0 Å². The van der Waals surface area contributed by atoms with Crippen molar-refractivity contribution in [1.29, 1.82) is 5.26 Å². The fourth-order valence-electron chi connectivity index (χ4n) is 2.64. The molecule has 0 fully saturated rings. The predicted octanol–water partition coefficient (Wildman–Crippen LogP) is 3.86. The molecule has 3 aromatic rings. The van der Waals surface area contributed by atoms with Crippen LogP contribution in [0.4, 0.5) is 0 Å². The van der Waals surface area contributed by atoms with E-state index in [1.165, 1.54) is 0 Å². The fourth-order valence-corrected chi connectivity index (χ4v) is 2.64. The van der Waals surface area contributed by atoms with Crippen LogP contribution < -0.4 is 5.32 Å². The van der Waals surface area contributed by atoms with Crippen LogP contribution in [0.2, 0.25) is 0 Å². The van der Waals surface area contributed by atoms with E-state index >= 15 is 0 Å². The Morgan fingerprint density at radius 1 is 1.15 bits per heavy atom. The molecule has 0 radical (unpaired) electrons. The zero-order valence-electron chi connectivity index (χ0n) is 14.3. The maximum Gasteiger partial charge on any atom is 0.262 e. The molecule has 0 aliphatic rings. The molecule has 0 aliphatic carbocycles. The largest absolute Gasteiger partial charge is 0.345 e. The van der Waals surface area contributed by atoms with E-state index in [9.17, 15) is 10.1 Å². The van der Waals surface area contributed by atoms with Gasteiger partial charge in [0, 0.05) is 11.1 Å². The normalized spacial score (nSPS) is 12.2. The van der Waals surface area contributed by atoms with Gasteiger partial charge in [-0.3, -0.25) is 9.89 Å². The van der Waals surface area contributed by atoms with Crippen LogP contribution >= 0.6 is 0 Å². The van der Waals surface area contributed by atoms with Crippen molar-refractivity contribution in [2.75, 3.05) is 0 Å². The summed E-state index contributed by atoms with van der Waals surface area (Å²) in [5, 5.41) is 19.3. The van der Waals surface area contributed by atoms with Gasteiger partial charge >= 0.3 is 0 Å². The van der Waals surface area contributed by atoms with Crippen molar-refractivity contribution in [2.45, 2.75) is 13.0 Å². The number of aromatic nitrogens is 2. The van der Waals surface area contributed by atoms with Crippen molar-refractivity contribution >= 4 is 12.0 Å². The molecule has 1 aromatic heterocycles. The third-order valence-corrected chi connectivity index (χ3v) is 4.04. The average molecular weight is 342 g/mol. The minimum Gasteiger partial charge on any atom is -0.345 e. The van der Waals surface area contributed by atoms with Crippen LogP contribution in [0.1, 0.15) is 24.1 Å². The number of nitrogens with one attached hydrogen (secondary N) is 2. The minimum atomic E-state index is -0.413. The number of carbonyl (C=O) groups excluding carboxylic acids is 1. The zero-order valence-corrected chi connectivity index (χ0v) is 14.3. The summed E-state index contributed by atoms with van der Waals surface area (Å²) in [5.74, 6) is -0.413. The number of nitrogens with zero attached hydrogens (tertiary/aromatic N) is 2. The lowest BCUT2D eigenvalue weighted by atomic mass is 10.1. The molecule has 1 atom stereocenters. The number of nitriles is 1. The summed E-state index contributed by atoms with van der Waals surface area (Å²) in [5.41, 5.74) is 3.40. The highest BCUT2D eigenvalue weighted by Crippen LogP contribution is 2.23. The molecule has 1 amide bonds. The van der Waals surface area contributed by atoms with Gasteiger partial charge in [0.15, 0.2) is 0 Å². The number of amides is 1. The van der Waals surface area contributed by atoms with E-state index in [1.807, 2.05) is 73.7 Å². The molecular weight excluding hydrogens is 324 g/mol. The second-order valence-corrected chi connectivity index (χ2v) is 5.84. The Bertz CT molecular complexity index is 952. The molecule has 0 spiro atoms. The molecule has 26 heavy (non-hydrogen) atoms. The summed E-state index contributed by atoms with van der Waals surface area (Å²) in [6, 6.07) is 21.0. The molecule has 128 valence electrons. The fraction of sp³-hybridized carbons (Fsp3) is 0.0952. The van der Waals surface area contributed by atoms with Crippen molar-refractivity contribution in [2.24, 2.45) is 0 Å². The Morgan fingerprint density at radius 3 is 2.46 bits per heavy atom. The van der Waals surface area contributed by atoms with Gasteiger partial charge < -0.3 is 5.32 Å². The number of hydrogen-bond acceptors (Lipinski definition) is 3. The first-order valence-corrected chi connectivity index (χ1v) is 8.25. The molecule has 0 bridgehead atoms. The molecule has 1 unspecified atom stereocenters. The van der Waals surface area contributed by atoms with E-state index in [1.54, 1.807) is 12.3 Å². The van der Waals surface area contributed by atoms with E-state index in [-0.39, 0.29) is 11.6 Å². The van der Waals surface area contributed by atoms with E-state index in [2.05, 4.69) is 15.5 Å². The molecule has 0 aliphatic heterocycles. The van der Waals surface area contributed by atoms with E-state index in [4.69, 9.17) is 0 Å². The number of aromatic amines is 1. The molecule has 5 heteroatoms. The summed E-state index contributed by atoms with van der Waals surface area (Å²) in [6.07, 6.45) is 3.16. The van der Waals surface area contributed by atoms with Crippen molar-refractivity contribution < 1.29 is 4.79 Å². The lowest BCUT2D eigenvalue weighted by Gasteiger charge is -2.13. The predicted molar refractivity (Wildman–Crippen MR) is 101 cm³/mol. The Balaban J connectivity index is 1.82. The molecule has 0 saturated heterocycles. The van der Waals surface area contributed by atoms with Gasteiger partial charge in [0.25, 0.3) is 5.91 Å². The van der Waals surface area contributed by atoms with Crippen molar-refractivity contribution in [3.8, 4) is 17.3 Å². The average Bonchev–Trinajstić information content (AvgIpc) is 3.15. The van der Waals surface area contributed by atoms with Crippen LogP contribution in [-0.4, -0.2) is 16.1 Å². The van der Waals surface area contributed by atoms with Gasteiger partial charge in [0.1, 0.15) is 11.6 Å². The summed E-state index contributed by atoms with van der Waals surface area (Å²) in [4.78, 5) is 12.5. The number of rotatable bonds is 5. The highest BCUT2D eigenvalue weighted by molar-refractivity contribution is 6.02. The maximum absolute atomic E-state index is 12.5. The van der Waals surface area contributed by atoms with Gasteiger partial charge in [-0.1, -0.05) is 60.7 Å². The van der Waals surface area contributed by atoms with Crippen LogP contribution in [0.15, 0.2) is 72.4 Å². The highest BCUT2D eigenvalue weighted by atomic mass is 16.1. The molecule has 0 saturated carbocycles. The van der Waals surface area contributed by atoms with Gasteiger partial charge in [0.05, 0.1) is 17.9 Å². The monoisotopic (exact) mass is 342 g/mol. The Labute approximate surface area is 152 Å². The smallest absolute Gasteiger partial charge is 0.262 e. The first-order chi connectivity index (χ1) is 12.7. The quantitative estimate of drug-likeness (QED) is 0.545. The van der Waals surface area contributed by atoms with Crippen LogP contribution in [0.3, 0.4) is 0 Å². The third kappa shape index (κ3) is 3.87. The number of benzene rings is 2. The number of hydrogen-bond donors (Lipinski definition) is 2. The van der Waals surface area contributed by atoms with Crippen molar-refractivity contribution in [1.82, 2.24) is 15.5 Å². The SMILES string of the molecule is CC(NC(=O)/C(C#N)=C/c1cn[nH]c1-c1ccccc1)c1ccccc1. The summed E-state index contributed by atoms with van der Waals surface area (Å²) < 4.78 is 0. The highest BCUT2D eigenvalue weighted by Gasteiger charge is 2.15. The Morgan fingerprint density at radius 2 is 1.81 bits per heavy atom. The molecule has 1 heterocycles. The Kier molecular flexibility index (Phi) is 5.25. The first-order valence-electron chi connectivity index (χ1n) is 8.25. The summed E-state index contributed by atoms with van der Waals surface area (Å²) in [6.45, 7) is 1.88. The lowest BCUT2D eigenvalue weighted by Crippen LogP contribution is -2.27. The van der Waals surface area contributed by atoms with Crippen molar-refractivity contribution in [3.05, 3.63) is 83.6 Å². The first kappa shape index (κ1) is 17.2. The summed E-state index contributed by atoms with van der Waals surface area (Å²) >= 11 is 0.